The van der Waals surface area contributed by atoms with Crippen LogP contribution in [0.5, 0.6) is 0 Å². The standard InChI is InChI=1S/H8N2OSi2/c1-5(2)3-4/h5H,1-2H2,4H3. The topological polar surface area (TPSA) is 61.3 Å². The van der Waals surface area contributed by atoms with Crippen molar-refractivity contribution in [3.05, 3.63) is 0 Å². The first-order chi connectivity index (χ1) is 2.27. The van der Waals surface area contributed by atoms with Crippen LogP contribution in [0.4, 0.5) is 0 Å². The first kappa shape index (κ1) is 5.31. The molecule has 0 amide bonds. The van der Waals surface area contributed by atoms with Gasteiger partial charge in [0.15, 0.2) is 0 Å². The molecule has 32 valence electrons. The smallest absolute Gasteiger partial charge is 0.318 e. The molecule has 0 aliphatic rings. The molecular formula is H8N2OSi2. The van der Waals surface area contributed by atoms with Crippen molar-refractivity contribution in [2.75, 3.05) is 0 Å². The number of rotatable bonds is 1. The van der Waals surface area contributed by atoms with Crippen molar-refractivity contribution < 1.29 is 4.12 Å². The van der Waals surface area contributed by atoms with E-state index in [2.05, 4.69) is 4.12 Å². The second kappa shape index (κ2) is 2.55. The molecule has 0 saturated carbocycles. The molecule has 0 spiro atoms. The summed E-state index contributed by atoms with van der Waals surface area (Å²) in [5.41, 5.74) is 0. The van der Waals surface area contributed by atoms with Gasteiger partial charge in [-0.2, -0.15) is 0 Å². The van der Waals surface area contributed by atoms with Gasteiger partial charge >= 0.3 is 9.36 Å². The highest BCUT2D eigenvalue weighted by Crippen LogP contribution is 1.45. The van der Waals surface area contributed by atoms with Crippen LogP contribution in [-0.4, -0.2) is 19.8 Å². The Kier molecular flexibility index (Phi) is 2.71. The van der Waals surface area contributed by atoms with Gasteiger partial charge in [0, 0.05) is 0 Å². The Morgan fingerprint density at radius 2 is 1.80 bits per heavy atom. The maximum Gasteiger partial charge on any atom is 0.318 e. The zero-order chi connectivity index (χ0) is 4.28. The molecule has 3 nitrogen and oxygen atoms in total. The van der Waals surface area contributed by atoms with Gasteiger partial charge in [-0.3, -0.25) is 0 Å². The summed E-state index contributed by atoms with van der Waals surface area (Å²) < 4.78 is 4.58. The fourth-order valence-corrected chi connectivity index (χ4v) is 0. The number of hydrogen-bond acceptors (Lipinski definition) is 3. The zero-order valence-electron chi connectivity index (χ0n) is 3.14. The van der Waals surface area contributed by atoms with Gasteiger partial charge in [0.1, 0.15) is 10.5 Å². The average Bonchev–Trinajstić information content (AvgIpc) is 1.38. The Hall–Kier alpha value is 0.314. The van der Waals surface area contributed by atoms with Crippen molar-refractivity contribution in [1.82, 2.24) is 0 Å². The van der Waals surface area contributed by atoms with E-state index in [0.717, 1.165) is 0 Å². The molecular weight excluding hydrogens is 100 g/mol. The van der Waals surface area contributed by atoms with E-state index in [1.54, 1.807) is 0 Å². The maximum absolute atomic E-state index is 5.02. The largest absolute Gasteiger partial charge is 0.444 e. The quantitative estimate of drug-likeness (QED) is 0.350. The number of hydrogen-bond donors (Lipinski definition) is 2. The molecule has 0 aliphatic carbocycles. The monoisotopic (exact) mass is 108 g/mol. The van der Waals surface area contributed by atoms with Gasteiger partial charge in [0.25, 0.3) is 0 Å². The lowest BCUT2D eigenvalue weighted by Gasteiger charge is -1.93. The van der Waals surface area contributed by atoms with Crippen molar-refractivity contribution >= 4 is 19.8 Å². The first-order valence-corrected chi connectivity index (χ1v) is 3.93. The van der Waals surface area contributed by atoms with Crippen LogP contribution < -0.4 is 10.8 Å². The van der Waals surface area contributed by atoms with E-state index in [0.29, 0.717) is 10.5 Å². The lowest BCUT2D eigenvalue weighted by Crippen LogP contribution is -2.39. The van der Waals surface area contributed by atoms with E-state index in [-0.39, 0.29) is 0 Å². The van der Waals surface area contributed by atoms with Crippen molar-refractivity contribution in [3.63, 3.8) is 0 Å². The van der Waals surface area contributed by atoms with Crippen LogP contribution >= 0.6 is 0 Å². The Balaban J connectivity index is 2.54. The summed E-state index contributed by atoms with van der Waals surface area (Å²) in [6, 6.07) is 0. The predicted octanol–water partition coefficient (Wildman–Crippen LogP) is -3.08. The summed E-state index contributed by atoms with van der Waals surface area (Å²) in [5, 5.41) is 10.0. The zero-order valence-corrected chi connectivity index (χ0v) is 6.29. The van der Waals surface area contributed by atoms with E-state index in [1.165, 1.54) is 0 Å². The van der Waals surface area contributed by atoms with Crippen LogP contribution in [0.2, 0.25) is 0 Å². The van der Waals surface area contributed by atoms with Gasteiger partial charge in [-0.15, -0.1) is 0 Å². The molecule has 0 aliphatic heterocycles. The Morgan fingerprint density at radius 3 is 1.80 bits per heavy atom. The Morgan fingerprint density at radius 1 is 1.60 bits per heavy atom. The van der Waals surface area contributed by atoms with E-state index in [1.807, 2.05) is 0 Å². The van der Waals surface area contributed by atoms with Crippen LogP contribution in [0, 0.1) is 0 Å². The highest BCUT2D eigenvalue weighted by atomic mass is 28.3. The third kappa shape index (κ3) is 4.31. The van der Waals surface area contributed by atoms with Gasteiger partial charge in [0.05, 0.1) is 0 Å². The number of nitrogens with two attached hydrogens (primary N) is 2. The molecule has 0 saturated heterocycles. The molecule has 0 heterocycles. The lowest BCUT2D eigenvalue weighted by molar-refractivity contribution is 0.633. The Bertz CT molecular complexity index is 21.6. The summed E-state index contributed by atoms with van der Waals surface area (Å²) in [6.45, 7) is 0. The van der Waals surface area contributed by atoms with Crippen LogP contribution in [0.3, 0.4) is 0 Å². The maximum atomic E-state index is 5.02. The molecule has 0 aromatic rings. The fraction of sp³-hybridized carbons (Fsp3) is 0. The minimum atomic E-state index is -1.59. The van der Waals surface area contributed by atoms with Gasteiger partial charge in [-0.1, -0.05) is 0 Å². The lowest BCUT2D eigenvalue weighted by atomic mass is 13.9. The summed E-state index contributed by atoms with van der Waals surface area (Å²) in [4.78, 5) is 0. The average molecular weight is 108 g/mol. The molecule has 5 heteroatoms. The predicted molar refractivity (Wildman–Crippen MR) is 26.5 cm³/mol. The molecule has 0 atom stereocenters. The first-order valence-electron chi connectivity index (χ1n) is 1.31. The normalized spacial score (nSPS) is 10.2. The van der Waals surface area contributed by atoms with E-state index in [9.17, 15) is 0 Å². The fourth-order valence-electron chi connectivity index (χ4n) is 0. The highest BCUT2D eigenvalue weighted by molar-refractivity contribution is 6.48. The summed E-state index contributed by atoms with van der Waals surface area (Å²) in [5.74, 6) is 0. The minimum Gasteiger partial charge on any atom is -0.444 e. The third-order valence-corrected chi connectivity index (χ3v) is 2.45. The van der Waals surface area contributed by atoms with Crippen LogP contribution in [0.15, 0.2) is 0 Å². The summed E-state index contributed by atoms with van der Waals surface area (Å²) in [7, 11) is -0.903. The third-order valence-electron chi connectivity index (χ3n) is 0.272. The summed E-state index contributed by atoms with van der Waals surface area (Å²) >= 11 is 0. The van der Waals surface area contributed by atoms with Gasteiger partial charge < -0.3 is 14.9 Å². The van der Waals surface area contributed by atoms with Crippen molar-refractivity contribution in [1.29, 1.82) is 0 Å². The molecule has 0 fully saturated rings. The molecule has 0 aromatic carbocycles. The van der Waals surface area contributed by atoms with Gasteiger partial charge in [0.2, 0.25) is 0 Å². The van der Waals surface area contributed by atoms with Gasteiger partial charge in [-0.05, 0) is 0 Å². The molecule has 0 rings (SSSR count). The van der Waals surface area contributed by atoms with Crippen LogP contribution in [-0.2, 0) is 4.12 Å². The van der Waals surface area contributed by atoms with Crippen molar-refractivity contribution in [2.45, 2.75) is 0 Å². The second-order valence-electron chi connectivity index (χ2n) is 0.700. The van der Waals surface area contributed by atoms with Crippen molar-refractivity contribution in [3.8, 4) is 0 Å². The SMILES string of the molecule is N[SiH](N)O[SiH3]. The molecule has 0 aromatic heterocycles. The van der Waals surface area contributed by atoms with Crippen molar-refractivity contribution in [2.24, 2.45) is 10.8 Å². The van der Waals surface area contributed by atoms with E-state index >= 15 is 0 Å². The molecule has 0 unspecified atom stereocenters. The molecule has 0 radical (unpaired) electrons. The summed E-state index contributed by atoms with van der Waals surface area (Å²) in [6.07, 6.45) is 0. The van der Waals surface area contributed by atoms with Crippen LogP contribution in [0.1, 0.15) is 0 Å². The van der Waals surface area contributed by atoms with Crippen LogP contribution in [0.25, 0.3) is 0 Å². The minimum absolute atomic E-state index is 0.685. The van der Waals surface area contributed by atoms with E-state index in [4.69, 9.17) is 10.8 Å². The highest BCUT2D eigenvalue weighted by Gasteiger charge is 1.84. The second-order valence-corrected chi connectivity index (χ2v) is 3.52. The molecule has 0 bridgehead atoms. The van der Waals surface area contributed by atoms with Gasteiger partial charge in [-0.25, -0.2) is 0 Å². The molecule has 5 heavy (non-hydrogen) atoms. The van der Waals surface area contributed by atoms with E-state index < -0.39 is 9.36 Å². The Labute approximate surface area is 35.7 Å². The molecule has 4 N–H and O–H groups in total.